The summed E-state index contributed by atoms with van der Waals surface area (Å²) in [6.07, 6.45) is 11.5. The molecule has 3 aromatic rings. The second kappa shape index (κ2) is 20.6. The molecule has 43 heavy (non-hydrogen) atoms. The molecule has 0 bridgehead atoms. The molecule has 236 valence electrons. The van der Waals surface area contributed by atoms with Gasteiger partial charge in [-0.1, -0.05) is 128 Å². The van der Waals surface area contributed by atoms with Gasteiger partial charge in [0.05, 0.1) is 17.5 Å². The van der Waals surface area contributed by atoms with E-state index in [0.717, 1.165) is 24.6 Å². The van der Waals surface area contributed by atoms with Crippen molar-refractivity contribution in [3.8, 4) is 0 Å². The first-order valence-corrected chi connectivity index (χ1v) is 18.4. The molecular weight excluding hydrogens is 658 g/mol. The van der Waals surface area contributed by atoms with Crippen LogP contribution in [0.5, 0.6) is 0 Å². The van der Waals surface area contributed by atoms with Gasteiger partial charge in [-0.3, -0.25) is 0 Å². The van der Waals surface area contributed by atoms with E-state index in [9.17, 15) is 26.5 Å². The van der Waals surface area contributed by atoms with E-state index in [-0.39, 0.29) is 17.5 Å². The summed E-state index contributed by atoms with van der Waals surface area (Å²) >= 11 is 3.40. The first kappa shape index (κ1) is 36.9. The van der Waals surface area contributed by atoms with Gasteiger partial charge in [0, 0.05) is 5.33 Å². The van der Waals surface area contributed by atoms with E-state index in [1.165, 1.54) is 53.2 Å². The normalized spacial score (nSPS) is 11.6. The summed E-state index contributed by atoms with van der Waals surface area (Å²) in [7, 11) is -6.04. The molecule has 0 aliphatic carbocycles. The number of unbranched alkanes of at least 4 members (excludes halogenated alkanes) is 10. The molecule has 0 saturated heterocycles. The molecule has 10 heteroatoms. The molecule has 0 heterocycles. The molecule has 0 fully saturated rings. The second-order valence-corrected chi connectivity index (χ2v) is 14.2. The molecule has 0 N–H and O–H groups in total. The number of halogens is 3. The minimum atomic E-state index is -6.03. The Kier molecular flexibility index (Phi) is 17.7. The highest BCUT2D eigenvalue weighted by molar-refractivity contribution is 9.09. The highest BCUT2D eigenvalue weighted by Crippen LogP contribution is 2.30. The molecule has 0 atom stereocenters. The molecule has 0 aliphatic heterocycles. The predicted molar refractivity (Wildman–Crippen MR) is 172 cm³/mol. The lowest BCUT2D eigenvalue weighted by atomic mass is 10.1. The largest absolute Gasteiger partial charge is 0.743 e. The number of ether oxygens (including phenoxy) is 1. The lowest BCUT2D eigenvalue weighted by Gasteiger charge is -2.17. The first-order chi connectivity index (χ1) is 20.7. The molecule has 0 saturated carbocycles. The predicted octanol–water partition coefficient (Wildman–Crippen LogP) is 9.14. The van der Waals surface area contributed by atoms with Crippen LogP contribution in [0.1, 0.15) is 70.6 Å². The van der Waals surface area contributed by atoms with Crippen LogP contribution in [0.25, 0.3) is 0 Å². The van der Waals surface area contributed by atoms with Gasteiger partial charge in [0.1, 0.15) is 0 Å². The van der Waals surface area contributed by atoms with Gasteiger partial charge in [0.25, 0.3) is 0 Å². The Morgan fingerprint density at radius 2 is 0.977 bits per heavy atom. The Balaban J connectivity index is 0.000000306. The Hall–Kier alpha value is -2.27. The number of benzene rings is 3. The Morgan fingerprint density at radius 1 is 0.651 bits per heavy atom. The maximum Gasteiger partial charge on any atom is 0.428 e. The number of carbonyl (C=O) groups excluding carboxylic acids is 1. The summed E-state index contributed by atoms with van der Waals surface area (Å²) in [6.45, 7) is -0.308. The van der Waals surface area contributed by atoms with E-state index in [2.05, 4.69) is 112 Å². The highest BCUT2D eigenvalue weighted by atomic mass is 79.9. The molecule has 0 aliphatic rings. The standard InChI is InChI=1S/C18H15S.C15H27BrF2O5S/c1-4-10-16(11-5-1)19(17-12-6-2-7-13-17)18-14-8-3-9-15-18;16-12-10-8-6-4-2-1-3-5-7-9-11-13-23-14(19)15(17,18)24(20,21)22/h1-15H;1-13H2,(H,20,21,22)/q+1;/p-1. The molecule has 5 nitrogen and oxygen atoms in total. The van der Waals surface area contributed by atoms with Gasteiger partial charge in [-0.05, 0) is 49.2 Å². The van der Waals surface area contributed by atoms with Crippen molar-refractivity contribution in [2.45, 2.75) is 90.6 Å². The van der Waals surface area contributed by atoms with Crippen LogP contribution < -0.4 is 0 Å². The molecule has 0 spiro atoms. The molecule has 3 aromatic carbocycles. The quantitative estimate of drug-likeness (QED) is 0.0435. The van der Waals surface area contributed by atoms with Crippen LogP contribution in [0.2, 0.25) is 0 Å². The third kappa shape index (κ3) is 13.9. The van der Waals surface area contributed by atoms with Gasteiger partial charge >= 0.3 is 11.2 Å². The lowest BCUT2D eigenvalue weighted by Crippen LogP contribution is -2.39. The van der Waals surface area contributed by atoms with E-state index in [1.54, 1.807) is 0 Å². The number of carbonyl (C=O) groups is 1. The number of alkyl halides is 3. The minimum absolute atomic E-state index is 0.0146. The molecule has 3 rings (SSSR count). The van der Waals surface area contributed by atoms with E-state index < -0.39 is 21.3 Å². The van der Waals surface area contributed by atoms with Gasteiger partial charge in [0.15, 0.2) is 24.8 Å². The third-order valence-electron chi connectivity index (χ3n) is 6.50. The molecule has 0 radical (unpaired) electrons. The van der Waals surface area contributed by atoms with Gasteiger partial charge in [0.2, 0.25) is 0 Å². The van der Waals surface area contributed by atoms with E-state index >= 15 is 0 Å². The van der Waals surface area contributed by atoms with Crippen molar-refractivity contribution < 1.29 is 31.3 Å². The maximum absolute atomic E-state index is 12.8. The Bertz CT molecular complexity index is 1170. The fraction of sp³-hybridized carbons (Fsp3) is 0.424. The summed E-state index contributed by atoms with van der Waals surface area (Å²) in [5, 5.41) is -3.95. The highest BCUT2D eigenvalue weighted by Gasteiger charge is 2.48. The van der Waals surface area contributed by atoms with Gasteiger partial charge in [-0.15, -0.1) is 0 Å². The van der Waals surface area contributed by atoms with E-state index in [0.29, 0.717) is 12.8 Å². The van der Waals surface area contributed by atoms with Crippen molar-refractivity contribution in [3.63, 3.8) is 0 Å². The second-order valence-electron chi connectivity index (χ2n) is 9.93. The topological polar surface area (TPSA) is 83.5 Å². The van der Waals surface area contributed by atoms with Crippen LogP contribution in [0.15, 0.2) is 106 Å². The van der Waals surface area contributed by atoms with Crippen molar-refractivity contribution in [2.24, 2.45) is 0 Å². The van der Waals surface area contributed by atoms with Crippen LogP contribution in [0, 0.1) is 0 Å². The maximum atomic E-state index is 12.8. The van der Waals surface area contributed by atoms with Crippen molar-refractivity contribution in [3.05, 3.63) is 91.0 Å². The van der Waals surface area contributed by atoms with E-state index in [1.807, 2.05) is 0 Å². The van der Waals surface area contributed by atoms with Crippen LogP contribution in [0.4, 0.5) is 8.78 Å². The summed E-state index contributed by atoms with van der Waals surface area (Å²) in [5.74, 6) is -2.29. The fourth-order valence-corrected chi connectivity index (χ4v) is 6.98. The molecule has 0 amide bonds. The van der Waals surface area contributed by atoms with Crippen molar-refractivity contribution >= 4 is 42.9 Å². The van der Waals surface area contributed by atoms with Crippen molar-refractivity contribution in [1.29, 1.82) is 0 Å². The van der Waals surface area contributed by atoms with Gasteiger partial charge in [-0.2, -0.15) is 8.78 Å². The smallest absolute Gasteiger partial charge is 0.428 e. The minimum Gasteiger partial charge on any atom is -0.743 e. The first-order valence-electron chi connectivity index (χ1n) is 14.6. The average Bonchev–Trinajstić information content (AvgIpc) is 3.01. The zero-order valence-electron chi connectivity index (χ0n) is 24.3. The SMILES string of the molecule is O=C(OCCCCCCCCCCCCCBr)C(F)(F)S(=O)(=O)[O-].c1ccc([S+](c2ccccc2)c2ccccc2)cc1. The zero-order valence-corrected chi connectivity index (χ0v) is 27.6. The Morgan fingerprint density at radius 3 is 1.30 bits per heavy atom. The monoisotopic (exact) mass is 698 g/mol. The van der Waals surface area contributed by atoms with Crippen molar-refractivity contribution in [2.75, 3.05) is 11.9 Å². The summed E-state index contributed by atoms with van der Waals surface area (Å²) < 4.78 is 60.4. The summed E-state index contributed by atoms with van der Waals surface area (Å²) in [5.41, 5.74) is 0. The Labute approximate surface area is 266 Å². The van der Waals surface area contributed by atoms with Crippen molar-refractivity contribution in [1.82, 2.24) is 0 Å². The van der Waals surface area contributed by atoms with Crippen LogP contribution in [-0.2, 0) is 30.5 Å². The number of hydrogen-bond acceptors (Lipinski definition) is 5. The van der Waals surface area contributed by atoms with Gasteiger partial charge in [-0.25, -0.2) is 13.2 Å². The number of hydrogen-bond donors (Lipinski definition) is 0. The lowest BCUT2D eigenvalue weighted by molar-refractivity contribution is -0.161. The van der Waals surface area contributed by atoms with Crippen LogP contribution >= 0.6 is 15.9 Å². The van der Waals surface area contributed by atoms with Crippen LogP contribution in [-0.4, -0.2) is 36.1 Å². The van der Waals surface area contributed by atoms with Crippen LogP contribution in [0.3, 0.4) is 0 Å². The molecular formula is C33H41BrF2O5S2. The van der Waals surface area contributed by atoms with Gasteiger partial charge < -0.3 is 9.29 Å². The molecule has 0 unspecified atom stereocenters. The number of esters is 1. The number of rotatable bonds is 18. The average molecular weight is 700 g/mol. The van der Waals surface area contributed by atoms with E-state index in [4.69, 9.17) is 0 Å². The fourth-order valence-electron chi connectivity index (χ4n) is 4.22. The molecule has 0 aromatic heterocycles. The zero-order chi connectivity index (χ0) is 31.4. The third-order valence-corrected chi connectivity index (χ3v) is 10.1. The summed E-state index contributed by atoms with van der Waals surface area (Å²) in [6, 6.07) is 32.2. The summed E-state index contributed by atoms with van der Waals surface area (Å²) in [4.78, 5) is 14.9.